The Hall–Kier alpha value is -0.320. The van der Waals surface area contributed by atoms with E-state index >= 15 is 0 Å². The molecule has 1 aromatic carbocycles. The van der Waals surface area contributed by atoms with Crippen LogP contribution in [0.3, 0.4) is 0 Å². The second kappa shape index (κ2) is 6.91. The molecule has 1 fully saturated rings. The van der Waals surface area contributed by atoms with Crippen LogP contribution in [0.2, 0.25) is 10.0 Å². The van der Waals surface area contributed by atoms with Crippen LogP contribution in [-0.4, -0.2) is 44.3 Å². The van der Waals surface area contributed by atoms with E-state index in [-0.39, 0.29) is 12.1 Å². The van der Waals surface area contributed by atoms with Crippen LogP contribution in [0, 0.1) is 0 Å². The summed E-state index contributed by atoms with van der Waals surface area (Å²) in [7, 11) is 2.08. The Bertz CT molecular complexity index is 422. The van der Waals surface area contributed by atoms with E-state index in [2.05, 4.69) is 24.2 Å². The van der Waals surface area contributed by atoms with Crippen molar-refractivity contribution in [2.75, 3.05) is 33.3 Å². The minimum Gasteiger partial charge on any atom is -0.374 e. The number of nitrogens with one attached hydrogen (secondary N) is 1. The molecule has 1 aliphatic rings. The minimum atomic E-state index is 0.205. The molecule has 0 aromatic heterocycles. The summed E-state index contributed by atoms with van der Waals surface area (Å²) in [4.78, 5) is 2.25. The molecule has 1 saturated heterocycles. The van der Waals surface area contributed by atoms with Gasteiger partial charge in [0.1, 0.15) is 0 Å². The van der Waals surface area contributed by atoms with Crippen LogP contribution in [0.1, 0.15) is 18.5 Å². The number of nitrogens with zero attached hydrogens (tertiary/aromatic N) is 1. The van der Waals surface area contributed by atoms with E-state index in [0.29, 0.717) is 0 Å². The number of ether oxygens (including phenoxy) is 1. The number of morpholine rings is 1. The summed E-state index contributed by atoms with van der Waals surface area (Å²) < 4.78 is 5.73. The van der Waals surface area contributed by atoms with Crippen molar-refractivity contribution in [2.45, 2.75) is 19.1 Å². The van der Waals surface area contributed by atoms with Gasteiger partial charge in [0.15, 0.2) is 0 Å². The molecule has 0 radical (unpaired) electrons. The normalized spacial score (nSPS) is 21.6. The molecule has 1 N–H and O–H groups in total. The van der Waals surface area contributed by atoms with Crippen molar-refractivity contribution in [3.8, 4) is 0 Å². The van der Waals surface area contributed by atoms with Crippen LogP contribution in [0.25, 0.3) is 0 Å². The van der Waals surface area contributed by atoms with Crippen LogP contribution in [0.15, 0.2) is 18.2 Å². The third-order valence-electron chi connectivity index (χ3n) is 3.57. The lowest BCUT2D eigenvalue weighted by atomic mass is 10.1. The summed E-state index contributed by atoms with van der Waals surface area (Å²) in [5, 5.41) is 4.81. The number of likely N-dealkylation sites (N-methyl/N-ethyl adjacent to an activating group) is 1. The molecule has 19 heavy (non-hydrogen) atoms. The van der Waals surface area contributed by atoms with Gasteiger partial charge in [-0.1, -0.05) is 23.2 Å². The Morgan fingerprint density at radius 3 is 2.95 bits per heavy atom. The highest BCUT2D eigenvalue weighted by Crippen LogP contribution is 2.29. The Kier molecular flexibility index (Phi) is 5.48. The van der Waals surface area contributed by atoms with E-state index in [1.165, 1.54) is 0 Å². The van der Waals surface area contributed by atoms with Gasteiger partial charge in [-0.2, -0.15) is 0 Å². The molecule has 2 atom stereocenters. The molecule has 1 heterocycles. The van der Waals surface area contributed by atoms with E-state index < -0.39 is 0 Å². The standard InChI is InChI=1S/C14H20Cl2N2O/c1-10(13-7-11(15)3-4-14(13)16)18(2)9-12-8-17-5-6-19-12/h3-4,7,10,12,17H,5-6,8-9H2,1-2H3. The molecular weight excluding hydrogens is 283 g/mol. The second-order valence-electron chi connectivity index (χ2n) is 4.98. The fraction of sp³-hybridized carbons (Fsp3) is 0.571. The fourth-order valence-electron chi connectivity index (χ4n) is 2.29. The summed E-state index contributed by atoms with van der Waals surface area (Å²) in [5.74, 6) is 0. The molecule has 2 rings (SSSR count). The van der Waals surface area contributed by atoms with Gasteiger partial charge in [-0.05, 0) is 37.7 Å². The van der Waals surface area contributed by atoms with Crippen molar-refractivity contribution in [1.82, 2.24) is 10.2 Å². The van der Waals surface area contributed by atoms with Gasteiger partial charge in [0.25, 0.3) is 0 Å². The van der Waals surface area contributed by atoms with Gasteiger partial charge >= 0.3 is 0 Å². The first-order valence-corrected chi connectivity index (χ1v) is 7.31. The van der Waals surface area contributed by atoms with Crippen LogP contribution >= 0.6 is 23.2 Å². The van der Waals surface area contributed by atoms with E-state index in [0.717, 1.165) is 41.8 Å². The highest BCUT2D eigenvalue weighted by Gasteiger charge is 2.20. The first kappa shape index (κ1) is 15.1. The Morgan fingerprint density at radius 1 is 1.47 bits per heavy atom. The molecule has 1 aliphatic heterocycles. The lowest BCUT2D eigenvalue weighted by Crippen LogP contribution is -2.44. The topological polar surface area (TPSA) is 24.5 Å². The predicted molar refractivity (Wildman–Crippen MR) is 80.1 cm³/mol. The zero-order chi connectivity index (χ0) is 13.8. The van der Waals surface area contributed by atoms with E-state index in [9.17, 15) is 0 Å². The van der Waals surface area contributed by atoms with E-state index in [1.54, 1.807) is 0 Å². The van der Waals surface area contributed by atoms with Crippen molar-refractivity contribution >= 4 is 23.2 Å². The van der Waals surface area contributed by atoms with Crippen LogP contribution in [0.4, 0.5) is 0 Å². The lowest BCUT2D eigenvalue weighted by molar-refractivity contribution is 0.00394. The van der Waals surface area contributed by atoms with Crippen molar-refractivity contribution < 1.29 is 4.74 Å². The summed E-state index contributed by atoms with van der Waals surface area (Å²) in [6.07, 6.45) is 0.235. The van der Waals surface area contributed by atoms with Gasteiger partial charge < -0.3 is 10.1 Å². The first-order chi connectivity index (χ1) is 9.08. The van der Waals surface area contributed by atoms with E-state index in [4.69, 9.17) is 27.9 Å². The van der Waals surface area contributed by atoms with Crippen molar-refractivity contribution in [1.29, 1.82) is 0 Å². The summed E-state index contributed by atoms with van der Waals surface area (Å²) in [6, 6.07) is 5.80. The van der Waals surface area contributed by atoms with Crippen LogP contribution in [-0.2, 0) is 4.74 Å². The molecule has 0 amide bonds. The third kappa shape index (κ3) is 4.07. The molecule has 0 saturated carbocycles. The Balaban J connectivity index is 2.01. The quantitative estimate of drug-likeness (QED) is 0.925. The van der Waals surface area contributed by atoms with Gasteiger partial charge in [0.05, 0.1) is 12.7 Å². The Labute approximate surface area is 124 Å². The maximum atomic E-state index is 6.25. The van der Waals surface area contributed by atoms with Gasteiger partial charge in [-0.3, -0.25) is 4.90 Å². The first-order valence-electron chi connectivity index (χ1n) is 6.55. The summed E-state index contributed by atoms with van der Waals surface area (Å²) in [6.45, 7) is 5.63. The minimum absolute atomic E-state index is 0.205. The van der Waals surface area contributed by atoms with Gasteiger partial charge in [-0.25, -0.2) is 0 Å². The van der Waals surface area contributed by atoms with Crippen molar-refractivity contribution in [2.24, 2.45) is 0 Å². The van der Waals surface area contributed by atoms with Crippen LogP contribution < -0.4 is 5.32 Å². The largest absolute Gasteiger partial charge is 0.374 e. The highest BCUT2D eigenvalue weighted by molar-refractivity contribution is 6.33. The van der Waals surface area contributed by atoms with Crippen molar-refractivity contribution in [3.63, 3.8) is 0 Å². The smallest absolute Gasteiger partial charge is 0.0826 e. The second-order valence-corrected chi connectivity index (χ2v) is 5.82. The zero-order valence-electron chi connectivity index (χ0n) is 11.3. The Morgan fingerprint density at radius 2 is 2.26 bits per heavy atom. The average Bonchev–Trinajstić information content (AvgIpc) is 2.42. The monoisotopic (exact) mass is 302 g/mol. The zero-order valence-corrected chi connectivity index (χ0v) is 12.8. The molecular formula is C14H20Cl2N2O. The molecule has 2 unspecified atom stereocenters. The van der Waals surface area contributed by atoms with Crippen molar-refractivity contribution in [3.05, 3.63) is 33.8 Å². The molecule has 106 valence electrons. The SMILES string of the molecule is CC(c1cc(Cl)ccc1Cl)N(C)CC1CNCCO1. The number of rotatable bonds is 4. The summed E-state index contributed by atoms with van der Waals surface area (Å²) in [5.41, 5.74) is 1.06. The summed E-state index contributed by atoms with van der Waals surface area (Å²) >= 11 is 12.3. The third-order valence-corrected chi connectivity index (χ3v) is 4.14. The predicted octanol–water partition coefficient (Wildman–Crippen LogP) is 2.97. The van der Waals surface area contributed by atoms with Crippen LogP contribution in [0.5, 0.6) is 0 Å². The van der Waals surface area contributed by atoms with Gasteiger partial charge in [-0.15, -0.1) is 0 Å². The fourth-order valence-corrected chi connectivity index (χ4v) is 2.74. The maximum Gasteiger partial charge on any atom is 0.0826 e. The lowest BCUT2D eigenvalue weighted by Gasteiger charge is -2.32. The number of halogens is 2. The highest BCUT2D eigenvalue weighted by atomic mass is 35.5. The molecule has 0 bridgehead atoms. The van der Waals surface area contributed by atoms with Gasteiger partial charge in [0.2, 0.25) is 0 Å². The number of hydrogen-bond acceptors (Lipinski definition) is 3. The van der Waals surface area contributed by atoms with E-state index in [1.807, 2.05) is 18.2 Å². The number of hydrogen-bond donors (Lipinski definition) is 1. The molecule has 1 aromatic rings. The molecule has 0 aliphatic carbocycles. The average molecular weight is 303 g/mol. The maximum absolute atomic E-state index is 6.25. The molecule has 5 heteroatoms. The van der Waals surface area contributed by atoms with Gasteiger partial charge in [0, 0.05) is 35.7 Å². The molecule has 0 spiro atoms. The molecule has 3 nitrogen and oxygen atoms in total. The number of benzene rings is 1.